The van der Waals surface area contributed by atoms with Gasteiger partial charge < -0.3 is 15.2 Å². The van der Waals surface area contributed by atoms with Crippen molar-refractivity contribution < 1.29 is 22.7 Å². The topological polar surface area (TPSA) is 98.9 Å². The maximum atomic E-state index is 12.5. The highest BCUT2D eigenvalue weighted by Crippen LogP contribution is 2.23. The van der Waals surface area contributed by atoms with Crippen molar-refractivity contribution in [3.05, 3.63) is 23.8 Å². The molecule has 0 aliphatic rings. The molecule has 0 aliphatic heterocycles. The molecule has 0 aromatic heterocycles. The summed E-state index contributed by atoms with van der Waals surface area (Å²) in [5, 5.41) is 0. The molecule has 0 spiro atoms. The smallest absolute Gasteiger partial charge is 0.337 e. The number of likely N-dealkylation sites (N-methyl/N-ethyl adjacent to an activating group) is 1. The predicted octanol–water partition coefficient (Wildman–Crippen LogP) is 0.712. The monoisotopic (exact) mass is 316 g/mol. The van der Waals surface area contributed by atoms with E-state index in [9.17, 15) is 13.2 Å². The third kappa shape index (κ3) is 3.93. The van der Waals surface area contributed by atoms with Crippen LogP contribution in [-0.4, -0.2) is 52.6 Å². The Morgan fingerprint density at radius 3 is 2.48 bits per heavy atom. The Morgan fingerprint density at radius 1 is 1.33 bits per heavy atom. The van der Waals surface area contributed by atoms with Crippen LogP contribution >= 0.6 is 0 Å². The molecule has 1 rings (SSSR count). The number of nitrogen functional groups attached to an aromatic ring is 1. The molecule has 0 saturated heterocycles. The second-order valence-electron chi connectivity index (χ2n) is 4.23. The lowest BCUT2D eigenvalue weighted by Gasteiger charge is -2.21. The van der Waals surface area contributed by atoms with Crippen molar-refractivity contribution in [2.75, 3.05) is 39.6 Å². The van der Waals surface area contributed by atoms with E-state index >= 15 is 0 Å². The third-order valence-electron chi connectivity index (χ3n) is 2.95. The summed E-state index contributed by atoms with van der Waals surface area (Å²) >= 11 is 0. The van der Waals surface area contributed by atoms with Crippen molar-refractivity contribution >= 4 is 21.7 Å². The molecule has 0 atom stereocenters. The molecule has 0 bridgehead atoms. The molecule has 1 aromatic rings. The van der Waals surface area contributed by atoms with Gasteiger partial charge in [-0.3, -0.25) is 0 Å². The Hall–Kier alpha value is -1.64. The Bertz CT molecular complexity index is 601. The molecule has 7 nitrogen and oxygen atoms in total. The van der Waals surface area contributed by atoms with Crippen molar-refractivity contribution in [1.82, 2.24) is 4.31 Å². The van der Waals surface area contributed by atoms with E-state index in [1.165, 1.54) is 36.7 Å². The number of sulfonamides is 1. The molecule has 0 saturated carbocycles. The Balaban J connectivity index is 3.16. The molecule has 0 amide bonds. The van der Waals surface area contributed by atoms with E-state index in [2.05, 4.69) is 4.74 Å². The van der Waals surface area contributed by atoms with Crippen LogP contribution in [0.15, 0.2) is 23.1 Å². The third-order valence-corrected chi connectivity index (χ3v) is 4.99. The molecule has 0 unspecified atom stereocenters. The summed E-state index contributed by atoms with van der Waals surface area (Å²) in [4.78, 5) is 11.4. The van der Waals surface area contributed by atoms with Crippen molar-refractivity contribution in [3.63, 3.8) is 0 Å². The van der Waals surface area contributed by atoms with Gasteiger partial charge in [0.05, 0.1) is 25.0 Å². The van der Waals surface area contributed by atoms with E-state index in [-0.39, 0.29) is 29.3 Å². The summed E-state index contributed by atoms with van der Waals surface area (Å²) < 4.78 is 35.8. The minimum absolute atomic E-state index is 0.00812. The van der Waals surface area contributed by atoms with E-state index in [0.29, 0.717) is 6.54 Å². The summed E-state index contributed by atoms with van der Waals surface area (Å²) in [6.07, 6.45) is 0. The van der Waals surface area contributed by atoms with Gasteiger partial charge in [-0.25, -0.2) is 13.2 Å². The van der Waals surface area contributed by atoms with Crippen LogP contribution in [0.4, 0.5) is 5.69 Å². The zero-order valence-corrected chi connectivity index (χ0v) is 13.1. The molecule has 0 heterocycles. The first-order chi connectivity index (χ1) is 9.88. The molecular formula is C13H20N2O5S. The Morgan fingerprint density at radius 2 is 2.00 bits per heavy atom. The number of hydrogen-bond acceptors (Lipinski definition) is 6. The summed E-state index contributed by atoms with van der Waals surface area (Å²) in [5.74, 6) is -0.572. The summed E-state index contributed by atoms with van der Waals surface area (Å²) in [7, 11) is -0.984. The van der Waals surface area contributed by atoms with Crippen LogP contribution in [0.1, 0.15) is 17.3 Å². The number of rotatable bonds is 7. The van der Waals surface area contributed by atoms with Crippen LogP contribution in [0.3, 0.4) is 0 Å². The first kappa shape index (κ1) is 17.4. The SMILES string of the molecule is CCN(CCOC)S(=O)(=O)c1ccc(C(=O)OC)cc1N. The molecule has 0 radical (unpaired) electrons. The lowest BCUT2D eigenvalue weighted by Crippen LogP contribution is -2.34. The molecule has 0 aliphatic carbocycles. The fraction of sp³-hybridized carbons (Fsp3) is 0.462. The van der Waals surface area contributed by atoms with Gasteiger partial charge in [-0.2, -0.15) is 4.31 Å². The number of carbonyl (C=O) groups is 1. The van der Waals surface area contributed by atoms with Gasteiger partial charge in [0.15, 0.2) is 0 Å². The highest BCUT2D eigenvalue weighted by Gasteiger charge is 2.25. The molecule has 21 heavy (non-hydrogen) atoms. The number of ether oxygens (including phenoxy) is 2. The number of benzene rings is 1. The number of methoxy groups -OCH3 is 2. The highest BCUT2D eigenvalue weighted by molar-refractivity contribution is 7.89. The molecule has 1 aromatic carbocycles. The quantitative estimate of drug-likeness (QED) is 0.587. The number of esters is 1. The maximum Gasteiger partial charge on any atom is 0.337 e. The van der Waals surface area contributed by atoms with Crippen molar-refractivity contribution in [1.29, 1.82) is 0 Å². The fourth-order valence-corrected chi connectivity index (χ4v) is 3.34. The second-order valence-corrected chi connectivity index (χ2v) is 6.14. The van der Waals surface area contributed by atoms with Crippen LogP contribution in [0.5, 0.6) is 0 Å². The molecule has 8 heteroatoms. The summed E-state index contributed by atoms with van der Waals surface area (Å²) in [5.41, 5.74) is 5.99. The number of nitrogens with zero attached hydrogens (tertiary/aromatic N) is 1. The molecular weight excluding hydrogens is 296 g/mol. The fourth-order valence-electron chi connectivity index (χ4n) is 1.81. The van der Waals surface area contributed by atoms with Gasteiger partial charge in [-0.05, 0) is 18.2 Å². The zero-order valence-electron chi connectivity index (χ0n) is 12.3. The van der Waals surface area contributed by atoms with Crippen LogP contribution < -0.4 is 5.73 Å². The largest absolute Gasteiger partial charge is 0.465 e. The lowest BCUT2D eigenvalue weighted by atomic mass is 10.2. The Kier molecular flexibility index (Phi) is 6.13. The first-order valence-electron chi connectivity index (χ1n) is 6.35. The number of nitrogens with two attached hydrogens (primary N) is 1. The van der Waals surface area contributed by atoms with Gasteiger partial charge in [-0.15, -0.1) is 0 Å². The zero-order chi connectivity index (χ0) is 16.0. The van der Waals surface area contributed by atoms with E-state index < -0.39 is 16.0 Å². The van der Waals surface area contributed by atoms with Crippen LogP contribution in [0.2, 0.25) is 0 Å². The average Bonchev–Trinajstić information content (AvgIpc) is 2.46. The van der Waals surface area contributed by atoms with Crippen molar-refractivity contribution in [2.24, 2.45) is 0 Å². The average molecular weight is 316 g/mol. The molecule has 118 valence electrons. The normalized spacial score (nSPS) is 11.6. The van der Waals surface area contributed by atoms with Crippen molar-refractivity contribution in [3.8, 4) is 0 Å². The van der Waals surface area contributed by atoms with Gasteiger partial charge in [-0.1, -0.05) is 6.92 Å². The predicted molar refractivity (Wildman–Crippen MR) is 78.5 cm³/mol. The van der Waals surface area contributed by atoms with Crippen LogP contribution in [-0.2, 0) is 19.5 Å². The van der Waals surface area contributed by atoms with Gasteiger partial charge in [0.25, 0.3) is 0 Å². The minimum Gasteiger partial charge on any atom is -0.465 e. The van der Waals surface area contributed by atoms with E-state index in [4.69, 9.17) is 10.5 Å². The highest BCUT2D eigenvalue weighted by atomic mass is 32.2. The van der Waals surface area contributed by atoms with Gasteiger partial charge in [0.1, 0.15) is 4.90 Å². The number of hydrogen-bond donors (Lipinski definition) is 1. The number of anilines is 1. The summed E-state index contributed by atoms with van der Waals surface area (Å²) in [6, 6.07) is 3.98. The standard InChI is InChI=1S/C13H20N2O5S/c1-4-15(7-8-19-2)21(17,18)12-6-5-10(9-11(12)14)13(16)20-3/h5-6,9H,4,7-8,14H2,1-3H3. The second kappa shape index (κ2) is 7.39. The lowest BCUT2D eigenvalue weighted by molar-refractivity contribution is 0.0600. The molecule has 0 fully saturated rings. The van der Waals surface area contributed by atoms with E-state index in [1.807, 2.05) is 0 Å². The first-order valence-corrected chi connectivity index (χ1v) is 7.79. The minimum atomic E-state index is -3.73. The summed E-state index contributed by atoms with van der Waals surface area (Å²) in [6.45, 7) is 2.54. The van der Waals surface area contributed by atoms with Crippen LogP contribution in [0, 0.1) is 0 Å². The number of carbonyl (C=O) groups excluding carboxylic acids is 1. The maximum absolute atomic E-state index is 12.5. The van der Waals surface area contributed by atoms with Crippen LogP contribution in [0.25, 0.3) is 0 Å². The van der Waals surface area contributed by atoms with Gasteiger partial charge in [0.2, 0.25) is 10.0 Å². The van der Waals surface area contributed by atoms with E-state index in [0.717, 1.165) is 0 Å². The molecule has 2 N–H and O–H groups in total. The Labute approximate surface area is 124 Å². The van der Waals surface area contributed by atoms with Gasteiger partial charge in [0, 0.05) is 20.2 Å². The van der Waals surface area contributed by atoms with Crippen molar-refractivity contribution in [2.45, 2.75) is 11.8 Å². The van der Waals surface area contributed by atoms with E-state index in [1.54, 1.807) is 6.92 Å². The van der Waals surface area contributed by atoms with Gasteiger partial charge >= 0.3 is 5.97 Å².